The van der Waals surface area contributed by atoms with Gasteiger partial charge >= 0.3 is 12.1 Å². The minimum atomic E-state index is -4.73. The molecule has 1 rings (SSSR count). The largest absolute Gasteiger partial charge is 0.461 e. The van der Waals surface area contributed by atoms with Crippen molar-refractivity contribution in [3.05, 3.63) is 33.9 Å². The molecule has 1 aromatic carbocycles. The molecular formula is C11H9ClF3N3O4. The molecule has 0 unspecified atom stereocenters. The maximum absolute atomic E-state index is 12.5. The highest BCUT2D eigenvalue weighted by atomic mass is 35.5. The molecule has 0 aromatic heterocycles. The van der Waals surface area contributed by atoms with Crippen LogP contribution in [0.5, 0.6) is 0 Å². The van der Waals surface area contributed by atoms with Crippen molar-refractivity contribution in [2.45, 2.75) is 13.1 Å². The number of nitrogens with zero attached hydrogens (tertiary/aromatic N) is 2. The second-order valence-corrected chi connectivity index (χ2v) is 4.08. The van der Waals surface area contributed by atoms with Gasteiger partial charge in [0.05, 0.1) is 17.1 Å². The lowest BCUT2D eigenvalue weighted by molar-refractivity contribution is -0.384. The van der Waals surface area contributed by atoms with Crippen LogP contribution in [0.25, 0.3) is 0 Å². The van der Waals surface area contributed by atoms with Crippen LogP contribution in [0.1, 0.15) is 12.5 Å². The summed E-state index contributed by atoms with van der Waals surface area (Å²) in [6, 6.07) is 1.78. The Kier molecular flexibility index (Phi) is 5.69. The molecule has 0 radical (unpaired) electrons. The van der Waals surface area contributed by atoms with Crippen LogP contribution in [0.3, 0.4) is 0 Å². The Labute approximate surface area is 126 Å². The van der Waals surface area contributed by atoms with E-state index in [2.05, 4.69) is 15.3 Å². The van der Waals surface area contributed by atoms with E-state index in [1.807, 2.05) is 0 Å². The Balaban J connectivity index is 3.08. The van der Waals surface area contributed by atoms with Crippen LogP contribution in [-0.4, -0.2) is 22.7 Å². The molecule has 0 aliphatic carbocycles. The number of carbonyl (C=O) groups is 1. The Morgan fingerprint density at radius 1 is 1.50 bits per heavy atom. The van der Waals surface area contributed by atoms with Crippen LogP contribution in [0.2, 0.25) is 0 Å². The molecule has 120 valence electrons. The van der Waals surface area contributed by atoms with Gasteiger partial charge in [0.15, 0.2) is 0 Å². The van der Waals surface area contributed by atoms with Crippen molar-refractivity contribution < 1.29 is 27.6 Å². The maximum atomic E-state index is 12.5. The first-order chi connectivity index (χ1) is 10.2. The second kappa shape index (κ2) is 7.07. The standard InChI is InChI=1S/C11H9ClF3N3O4/c1-2-22-10(19)9(12)17-16-7-4-3-6(11(13,14)15)5-8(7)18(20)21/h3-5,16H,2H2,1H3/b17-9+. The summed E-state index contributed by atoms with van der Waals surface area (Å²) in [5.74, 6) is -0.980. The second-order valence-electron chi connectivity index (χ2n) is 3.72. The molecule has 0 amide bonds. The van der Waals surface area contributed by atoms with Gasteiger partial charge in [-0.3, -0.25) is 15.5 Å². The topological polar surface area (TPSA) is 93.8 Å². The molecule has 0 atom stereocenters. The lowest BCUT2D eigenvalue weighted by Gasteiger charge is -2.08. The van der Waals surface area contributed by atoms with Crippen LogP contribution in [0.4, 0.5) is 24.5 Å². The highest BCUT2D eigenvalue weighted by Crippen LogP contribution is 2.34. The summed E-state index contributed by atoms with van der Waals surface area (Å²) >= 11 is 5.46. The van der Waals surface area contributed by atoms with Crippen LogP contribution in [0, 0.1) is 10.1 Å². The zero-order valence-corrected chi connectivity index (χ0v) is 11.7. The Morgan fingerprint density at radius 3 is 2.64 bits per heavy atom. The monoisotopic (exact) mass is 339 g/mol. The van der Waals surface area contributed by atoms with Gasteiger partial charge < -0.3 is 4.74 Å². The molecule has 0 heterocycles. The van der Waals surface area contributed by atoms with Crippen molar-refractivity contribution in [2.75, 3.05) is 12.0 Å². The van der Waals surface area contributed by atoms with E-state index in [4.69, 9.17) is 11.6 Å². The first-order valence-electron chi connectivity index (χ1n) is 5.68. The minimum Gasteiger partial charge on any atom is -0.461 e. The lowest BCUT2D eigenvalue weighted by atomic mass is 10.1. The van der Waals surface area contributed by atoms with Crippen molar-refractivity contribution in [3.63, 3.8) is 0 Å². The smallest absolute Gasteiger partial charge is 0.416 e. The number of nitro benzene ring substituents is 1. The number of rotatable bonds is 5. The Hall–Kier alpha value is -2.36. The van der Waals surface area contributed by atoms with Crippen molar-refractivity contribution in [2.24, 2.45) is 5.10 Å². The van der Waals surface area contributed by atoms with E-state index >= 15 is 0 Å². The molecule has 0 spiro atoms. The molecule has 0 bridgehead atoms. The summed E-state index contributed by atoms with van der Waals surface area (Å²) in [7, 11) is 0. The quantitative estimate of drug-likeness (QED) is 0.385. The third-order valence-corrected chi connectivity index (χ3v) is 2.48. The summed E-state index contributed by atoms with van der Waals surface area (Å²) in [6.45, 7) is 1.56. The van der Waals surface area contributed by atoms with Gasteiger partial charge in [0, 0.05) is 6.07 Å². The van der Waals surface area contributed by atoms with Gasteiger partial charge in [0.2, 0.25) is 5.17 Å². The van der Waals surface area contributed by atoms with E-state index in [0.717, 1.165) is 6.07 Å². The summed E-state index contributed by atoms with van der Waals surface area (Å²) in [4.78, 5) is 20.9. The van der Waals surface area contributed by atoms with E-state index < -0.39 is 33.5 Å². The summed E-state index contributed by atoms with van der Waals surface area (Å²) in [5, 5.41) is 13.5. The van der Waals surface area contributed by atoms with E-state index in [0.29, 0.717) is 12.1 Å². The third-order valence-electron chi connectivity index (χ3n) is 2.24. The fourth-order valence-electron chi connectivity index (χ4n) is 1.30. The van der Waals surface area contributed by atoms with E-state index in [-0.39, 0.29) is 12.3 Å². The fourth-order valence-corrected chi connectivity index (χ4v) is 1.40. The van der Waals surface area contributed by atoms with Gasteiger partial charge in [-0.25, -0.2) is 4.79 Å². The molecule has 1 N–H and O–H groups in total. The zero-order chi connectivity index (χ0) is 16.9. The van der Waals surface area contributed by atoms with Crippen LogP contribution >= 0.6 is 11.6 Å². The van der Waals surface area contributed by atoms with Gasteiger partial charge in [0.25, 0.3) is 5.69 Å². The highest BCUT2D eigenvalue weighted by Gasteiger charge is 2.33. The fraction of sp³-hybridized carbons (Fsp3) is 0.273. The number of halogens is 4. The molecule has 0 saturated heterocycles. The van der Waals surface area contributed by atoms with E-state index in [9.17, 15) is 28.1 Å². The third kappa shape index (κ3) is 4.58. The predicted octanol–water partition coefficient (Wildman–Crippen LogP) is 3.14. The number of hydrazone groups is 1. The number of esters is 1. The molecule has 7 nitrogen and oxygen atoms in total. The molecule has 0 aliphatic rings. The summed E-state index contributed by atoms with van der Waals surface area (Å²) in [6.07, 6.45) is -4.73. The number of hydrogen-bond acceptors (Lipinski definition) is 6. The van der Waals surface area contributed by atoms with Crippen molar-refractivity contribution in [1.82, 2.24) is 0 Å². The molecule has 0 fully saturated rings. The number of hydrogen-bond donors (Lipinski definition) is 1. The first-order valence-corrected chi connectivity index (χ1v) is 6.06. The van der Waals surface area contributed by atoms with Gasteiger partial charge in [0.1, 0.15) is 5.69 Å². The van der Waals surface area contributed by atoms with E-state index in [1.54, 1.807) is 0 Å². The first kappa shape index (κ1) is 17.7. The number of benzene rings is 1. The number of carbonyl (C=O) groups excluding carboxylic acids is 1. The number of alkyl halides is 3. The van der Waals surface area contributed by atoms with Gasteiger partial charge in [-0.1, -0.05) is 11.6 Å². The minimum absolute atomic E-state index is 0.0327. The summed E-state index contributed by atoms with van der Waals surface area (Å²) in [5.41, 5.74) is -0.360. The number of anilines is 1. The average Bonchev–Trinajstić information content (AvgIpc) is 2.43. The molecule has 11 heteroatoms. The highest BCUT2D eigenvalue weighted by molar-refractivity contribution is 6.82. The number of nitro groups is 1. The molecule has 0 aliphatic heterocycles. The molecule has 0 saturated carbocycles. The Morgan fingerprint density at radius 2 is 2.14 bits per heavy atom. The number of ether oxygens (including phenoxy) is 1. The lowest BCUT2D eigenvalue weighted by Crippen LogP contribution is -2.13. The predicted molar refractivity (Wildman–Crippen MR) is 71.6 cm³/mol. The number of nitrogens with one attached hydrogen (secondary N) is 1. The average molecular weight is 340 g/mol. The Bertz CT molecular complexity index is 619. The maximum Gasteiger partial charge on any atom is 0.416 e. The van der Waals surface area contributed by atoms with Crippen molar-refractivity contribution >= 4 is 34.1 Å². The SMILES string of the molecule is CCOC(=O)/C(Cl)=N\Nc1ccc(C(F)(F)F)cc1[N+](=O)[O-]. The normalized spacial score (nSPS) is 12.0. The van der Waals surface area contributed by atoms with Crippen molar-refractivity contribution in [1.29, 1.82) is 0 Å². The van der Waals surface area contributed by atoms with Crippen molar-refractivity contribution in [3.8, 4) is 0 Å². The van der Waals surface area contributed by atoms with E-state index in [1.165, 1.54) is 6.92 Å². The summed E-state index contributed by atoms with van der Waals surface area (Å²) < 4.78 is 42.1. The molecular weight excluding hydrogens is 331 g/mol. The zero-order valence-electron chi connectivity index (χ0n) is 11.0. The molecule has 1 aromatic rings. The van der Waals surface area contributed by atoms with Gasteiger partial charge in [-0.15, -0.1) is 0 Å². The van der Waals surface area contributed by atoms with Gasteiger partial charge in [-0.05, 0) is 19.1 Å². The van der Waals surface area contributed by atoms with Crippen LogP contribution in [0.15, 0.2) is 23.3 Å². The molecule has 22 heavy (non-hydrogen) atoms. The van der Waals surface area contributed by atoms with Crippen LogP contribution in [-0.2, 0) is 15.7 Å². The van der Waals surface area contributed by atoms with Crippen LogP contribution < -0.4 is 5.43 Å². The van der Waals surface area contributed by atoms with Gasteiger partial charge in [-0.2, -0.15) is 18.3 Å².